The molecule has 0 aliphatic heterocycles. The molecule has 0 radical (unpaired) electrons. The smallest absolute Gasteiger partial charge is 0.126 e. The van der Waals surface area contributed by atoms with Gasteiger partial charge in [0.1, 0.15) is 32.3 Å². The van der Waals surface area contributed by atoms with E-state index in [1.54, 1.807) is 0 Å². The van der Waals surface area contributed by atoms with Gasteiger partial charge in [0.05, 0.1) is 0 Å². The van der Waals surface area contributed by atoms with Gasteiger partial charge in [-0.15, -0.1) is 22.2 Å². The molecule has 0 saturated carbocycles. The molecule has 4 aromatic rings. The summed E-state index contributed by atoms with van der Waals surface area (Å²) in [6.07, 6.45) is 15.3. The third-order valence-corrected chi connectivity index (χ3v) is 21.3. The molecule has 0 aliphatic rings. The Kier molecular flexibility index (Phi) is 16.8. The summed E-state index contributed by atoms with van der Waals surface area (Å²) in [4.78, 5) is 0. The third kappa shape index (κ3) is 13.0. The fourth-order valence-electron chi connectivity index (χ4n) is 7.87. The Morgan fingerprint density at radius 1 is 0.339 bits per heavy atom. The minimum absolute atomic E-state index is 1.13. The highest BCUT2D eigenvalue weighted by molar-refractivity contribution is 6.86. The van der Waals surface area contributed by atoms with Gasteiger partial charge in [0, 0.05) is 22.3 Å². The van der Waals surface area contributed by atoms with Crippen LogP contribution in [0, 0.1) is 45.9 Å². The van der Waals surface area contributed by atoms with Crippen LogP contribution < -0.4 is 0 Å². The molecular formula is C52H74Si4. The summed E-state index contributed by atoms with van der Waals surface area (Å²) in [5.74, 6) is 15.3. The largest absolute Gasteiger partial charge is 0.132 e. The second kappa shape index (κ2) is 20.6. The molecule has 0 bridgehead atoms. The lowest BCUT2D eigenvalue weighted by Crippen LogP contribution is -2.23. The fraction of sp³-hybridized carbons (Fsp3) is 0.538. The summed E-state index contributed by atoms with van der Waals surface area (Å²) >= 11 is 0. The minimum atomic E-state index is -1.69. The molecule has 0 saturated heterocycles. The van der Waals surface area contributed by atoms with Crippen molar-refractivity contribution in [2.75, 3.05) is 0 Å². The van der Waals surface area contributed by atoms with Gasteiger partial charge in [-0.05, 0) is 68.6 Å². The van der Waals surface area contributed by atoms with Crippen LogP contribution in [0.4, 0.5) is 0 Å². The highest BCUT2D eigenvalue weighted by Crippen LogP contribution is 2.40. The van der Waals surface area contributed by atoms with Gasteiger partial charge in [0.2, 0.25) is 0 Å². The van der Waals surface area contributed by atoms with Gasteiger partial charge in [-0.1, -0.05) is 205 Å². The molecule has 0 fully saturated rings. The van der Waals surface area contributed by atoms with Crippen LogP contribution in [0.5, 0.6) is 0 Å². The molecule has 0 spiro atoms. The van der Waals surface area contributed by atoms with Gasteiger partial charge >= 0.3 is 0 Å². The van der Waals surface area contributed by atoms with Crippen LogP contribution in [0.2, 0.25) is 76.6 Å². The average molecular weight is 812 g/mol. The van der Waals surface area contributed by atoms with Crippen molar-refractivity contribution in [3.63, 3.8) is 0 Å². The van der Waals surface area contributed by atoms with Gasteiger partial charge in [0.15, 0.2) is 0 Å². The molecule has 4 aromatic carbocycles. The quantitative estimate of drug-likeness (QED) is 0.0458. The standard InChI is InChI=1S/C52H74Si4/c1-13-17-21-33-53(5,6)37-29-43-41-44(30-38-54(7,8)34-22-18-14-2)48-27-28-50-46(32-40-56(11,12)36-24-20-16-4)42-45(31-39-55(9,10)35-23-19-15-3)49-26-25-47(43)51(48)52(49)50/h25-28,41-42H,13-24,33-36H2,1-12H3. The molecule has 56 heavy (non-hydrogen) atoms. The van der Waals surface area contributed by atoms with Crippen molar-refractivity contribution in [2.24, 2.45) is 0 Å². The number of unbranched alkanes of at least 4 members (excludes halogenated alkanes) is 8. The van der Waals surface area contributed by atoms with Crippen LogP contribution in [0.1, 0.15) is 127 Å². The lowest BCUT2D eigenvalue weighted by molar-refractivity contribution is 0.764. The van der Waals surface area contributed by atoms with Crippen LogP contribution in [-0.2, 0) is 0 Å². The molecule has 0 amide bonds. The zero-order chi connectivity index (χ0) is 41.0. The van der Waals surface area contributed by atoms with E-state index in [2.05, 4.69) is 162 Å². The van der Waals surface area contributed by atoms with E-state index in [-0.39, 0.29) is 0 Å². The van der Waals surface area contributed by atoms with Gasteiger partial charge < -0.3 is 0 Å². The van der Waals surface area contributed by atoms with Gasteiger partial charge in [-0.3, -0.25) is 0 Å². The fourth-order valence-corrected chi connectivity index (χ4v) is 14.8. The first kappa shape index (κ1) is 45.7. The van der Waals surface area contributed by atoms with Crippen molar-refractivity contribution in [1.29, 1.82) is 0 Å². The Hall–Kier alpha value is -2.97. The third-order valence-electron chi connectivity index (χ3n) is 11.7. The predicted molar refractivity (Wildman–Crippen MR) is 265 cm³/mol. The molecular weight excluding hydrogens is 737 g/mol. The van der Waals surface area contributed by atoms with Crippen molar-refractivity contribution in [1.82, 2.24) is 0 Å². The highest BCUT2D eigenvalue weighted by Gasteiger charge is 2.23. The zero-order valence-electron chi connectivity index (χ0n) is 37.8. The SMILES string of the molecule is CCCCC[Si](C)(C)C#Cc1cc(C#C[Si](C)(C)CCCCC)c2ccc3c(C#C[Si](C)(C)CCCCC)cc(C#C[Si](C)(C)CCCCC)c4ccc1c2c43. The highest BCUT2D eigenvalue weighted by atomic mass is 28.3. The second-order valence-corrected chi connectivity index (χ2v) is 37.4. The summed E-state index contributed by atoms with van der Waals surface area (Å²) in [6, 6.07) is 19.1. The number of rotatable bonds is 16. The summed E-state index contributed by atoms with van der Waals surface area (Å²) in [5, 5.41) is 7.61. The van der Waals surface area contributed by atoms with Crippen molar-refractivity contribution < 1.29 is 0 Å². The van der Waals surface area contributed by atoms with Gasteiger partial charge in [-0.25, -0.2) is 0 Å². The van der Waals surface area contributed by atoms with E-state index in [9.17, 15) is 0 Å². The second-order valence-electron chi connectivity index (χ2n) is 19.4. The first-order valence-corrected chi connectivity index (χ1v) is 35.3. The number of hydrogen-bond donors (Lipinski definition) is 0. The van der Waals surface area contributed by atoms with E-state index in [0.29, 0.717) is 0 Å². The molecule has 298 valence electrons. The van der Waals surface area contributed by atoms with Gasteiger partial charge in [-0.2, -0.15) is 0 Å². The average Bonchev–Trinajstić information content (AvgIpc) is 3.14. The predicted octanol–water partition coefficient (Wildman–Crippen LogP) is 15.7. The van der Waals surface area contributed by atoms with E-state index in [4.69, 9.17) is 0 Å². The Bertz CT molecular complexity index is 1880. The van der Waals surface area contributed by atoms with Crippen LogP contribution in [0.25, 0.3) is 32.3 Å². The minimum Gasteiger partial charge on any atom is -0.126 e. The van der Waals surface area contributed by atoms with E-state index in [0.717, 1.165) is 22.3 Å². The Labute approximate surface area is 348 Å². The molecule has 0 nitrogen and oxygen atoms in total. The first-order chi connectivity index (χ1) is 26.6. The normalized spacial score (nSPS) is 12.1. The Morgan fingerprint density at radius 3 is 0.750 bits per heavy atom. The molecule has 0 unspecified atom stereocenters. The maximum atomic E-state index is 3.89. The van der Waals surface area contributed by atoms with E-state index in [1.807, 2.05) is 0 Å². The maximum Gasteiger partial charge on any atom is 0.132 e. The molecule has 0 aromatic heterocycles. The summed E-state index contributed by atoms with van der Waals surface area (Å²) in [6.45, 7) is 28.8. The van der Waals surface area contributed by atoms with Crippen molar-refractivity contribution in [3.05, 3.63) is 58.7 Å². The van der Waals surface area contributed by atoms with Crippen LogP contribution in [0.3, 0.4) is 0 Å². The van der Waals surface area contributed by atoms with E-state index in [1.165, 1.54) is 134 Å². The zero-order valence-corrected chi connectivity index (χ0v) is 41.8. The van der Waals surface area contributed by atoms with Crippen molar-refractivity contribution in [2.45, 2.75) is 181 Å². The Morgan fingerprint density at radius 2 is 0.554 bits per heavy atom. The maximum absolute atomic E-state index is 3.89. The number of benzene rings is 4. The first-order valence-electron chi connectivity index (χ1n) is 22.5. The summed E-state index contributed by atoms with van der Waals surface area (Å²) < 4.78 is 0. The lowest BCUT2D eigenvalue weighted by Gasteiger charge is -2.18. The molecule has 4 rings (SSSR count). The molecule has 4 heteroatoms. The topological polar surface area (TPSA) is 0 Å². The van der Waals surface area contributed by atoms with E-state index < -0.39 is 32.3 Å². The van der Waals surface area contributed by atoms with Crippen LogP contribution >= 0.6 is 0 Å². The molecule has 0 aliphatic carbocycles. The van der Waals surface area contributed by atoms with Gasteiger partial charge in [0.25, 0.3) is 0 Å². The monoisotopic (exact) mass is 810 g/mol. The van der Waals surface area contributed by atoms with Crippen molar-refractivity contribution >= 4 is 64.6 Å². The van der Waals surface area contributed by atoms with E-state index >= 15 is 0 Å². The molecule has 0 atom stereocenters. The van der Waals surface area contributed by atoms with Crippen molar-refractivity contribution in [3.8, 4) is 45.9 Å². The van der Waals surface area contributed by atoms with Crippen LogP contribution in [0.15, 0.2) is 36.4 Å². The Balaban J connectivity index is 2.07. The lowest BCUT2D eigenvalue weighted by atomic mass is 9.86. The molecule has 0 heterocycles. The summed E-state index contributed by atoms with van der Waals surface area (Å²) in [7, 11) is -6.77. The summed E-state index contributed by atoms with van der Waals surface area (Å²) in [5.41, 5.74) is 20.1. The van der Waals surface area contributed by atoms with Crippen LogP contribution in [-0.4, -0.2) is 32.3 Å². The number of hydrogen-bond acceptors (Lipinski definition) is 0. The molecule has 0 N–H and O–H groups in total.